The van der Waals surface area contributed by atoms with E-state index < -0.39 is 33.5 Å². The molecule has 0 fully saturated rings. The molecule has 112 valence electrons. The molecule has 1 unspecified atom stereocenters. The van der Waals surface area contributed by atoms with Gasteiger partial charge in [-0.15, -0.1) is 0 Å². The number of carbonyl (C=O) groups excluding carboxylic acids is 1. The van der Waals surface area contributed by atoms with E-state index >= 15 is 0 Å². The lowest BCUT2D eigenvalue weighted by Gasteiger charge is -2.13. The minimum atomic E-state index is -3.55. The van der Waals surface area contributed by atoms with E-state index in [2.05, 4.69) is 10.3 Å². The van der Waals surface area contributed by atoms with Crippen LogP contribution in [0.4, 0.5) is 0 Å². The van der Waals surface area contributed by atoms with Crippen molar-refractivity contribution in [2.45, 2.75) is 25.9 Å². The third kappa shape index (κ3) is 5.83. The van der Waals surface area contributed by atoms with Crippen LogP contribution in [0.1, 0.15) is 13.3 Å². The molecule has 1 aromatic rings. The molecule has 0 bridgehead atoms. The van der Waals surface area contributed by atoms with E-state index in [-0.39, 0.29) is 5.75 Å². The van der Waals surface area contributed by atoms with Gasteiger partial charge in [-0.25, -0.2) is 18.2 Å². The number of sulfone groups is 1. The summed E-state index contributed by atoms with van der Waals surface area (Å²) in [6.07, 6.45) is 5.23. The Balaban J connectivity index is 2.50. The first-order valence-corrected chi connectivity index (χ1v) is 7.78. The average Bonchev–Trinajstić information content (AvgIpc) is 2.79. The molecule has 0 saturated heterocycles. The van der Waals surface area contributed by atoms with E-state index in [1.807, 2.05) is 0 Å². The number of imidazole rings is 1. The normalized spacial score (nSPS) is 12.8. The van der Waals surface area contributed by atoms with Crippen LogP contribution in [0.2, 0.25) is 0 Å². The first-order valence-electron chi connectivity index (χ1n) is 5.96. The summed E-state index contributed by atoms with van der Waals surface area (Å²) < 4.78 is 25.4. The van der Waals surface area contributed by atoms with E-state index in [1.165, 1.54) is 0 Å². The molecule has 0 aliphatic heterocycles. The summed E-state index contributed by atoms with van der Waals surface area (Å²) >= 11 is 0. The first kappa shape index (κ1) is 16.2. The molecule has 1 amide bonds. The Morgan fingerprint density at radius 3 is 2.65 bits per heavy atom. The summed E-state index contributed by atoms with van der Waals surface area (Å²) in [7, 11) is -3.55. The smallest absolute Gasteiger partial charge is 0.327 e. The van der Waals surface area contributed by atoms with Crippen molar-refractivity contribution in [3.63, 3.8) is 0 Å². The van der Waals surface area contributed by atoms with Crippen molar-refractivity contribution < 1.29 is 23.1 Å². The highest BCUT2D eigenvalue weighted by atomic mass is 32.2. The molecule has 0 radical (unpaired) electrons. The van der Waals surface area contributed by atoms with E-state index in [0.29, 0.717) is 13.0 Å². The summed E-state index contributed by atoms with van der Waals surface area (Å²) in [4.78, 5) is 25.5. The Kier molecular flexibility index (Phi) is 5.68. The molecule has 20 heavy (non-hydrogen) atoms. The molecule has 0 saturated carbocycles. The maximum Gasteiger partial charge on any atom is 0.327 e. The van der Waals surface area contributed by atoms with Gasteiger partial charge in [0.25, 0.3) is 0 Å². The molecular formula is C11H17N3O5S. The van der Waals surface area contributed by atoms with Crippen LogP contribution in [0.25, 0.3) is 0 Å². The van der Waals surface area contributed by atoms with Crippen molar-refractivity contribution in [3.05, 3.63) is 18.7 Å². The summed E-state index contributed by atoms with van der Waals surface area (Å²) in [5.41, 5.74) is 0. The topological polar surface area (TPSA) is 118 Å². The number of aliphatic carboxylic acids is 1. The molecule has 0 aliphatic carbocycles. The number of aromatic nitrogens is 2. The van der Waals surface area contributed by atoms with Crippen LogP contribution < -0.4 is 5.32 Å². The van der Waals surface area contributed by atoms with Crippen molar-refractivity contribution in [1.82, 2.24) is 14.9 Å². The molecule has 8 nitrogen and oxygen atoms in total. The first-order chi connectivity index (χ1) is 9.30. The van der Waals surface area contributed by atoms with Crippen LogP contribution in [0.15, 0.2) is 18.7 Å². The summed E-state index contributed by atoms with van der Waals surface area (Å²) in [6, 6.07) is -1.41. The molecule has 1 rings (SSSR count). The molecule has 0 aliphatic rings. The minimum absolute atomic E-state index is 0.144. The fraction of sp³-hybridized carbons (Fsp3) is 0.545. The number of carboxylic acid groups (broad SMARTS) is 1. The lowest BCUT2D eigenvalue weighted by molar-refractivity contribution is -0.140. The SMILES string of the molecule is CC(=O)NC(CS(=O)(=O)CCCn1ccnc1)C(=O)O. The zero-order valence-corrected chi connectivity index (χ0v) is 11.8. The summed E-state index contributed by atoms with van der Waals surface area (Å²) in [5, 5.41) is 11.0. The molecule has 1 aromatic heterocycles. The third-order valence-electron chi connectivity index (χ3n) is 2.53. The minimum Gasteiger partial charge on any atom is -0.480 e. The lowest BCUT2D eigenvalue weighted by Crippen LogP contribution is -2.44. The van der Waals surface area contributed by atoms with Gasteiger partial charge in [-0.2, -0.15) is 0 Å². The van der Waals surface area contributed by atoms with Gasteiger partial charge in [0.15, 0.2) is 9.84 Å². The molecule has 1 heterocycles. The van der Waals surface area contributed by atoms with Crippen LogP contribution in [0.3, 0.4) is 0 Å². The monoisotopic (exact) mass is 303 g/mol. The van der Waals surface area contributed by atoms with Crippen LogP contribution in [-0.4, -0.2) is 52.5 Å². The second-order valence-electron chi connectivity index (χ2n) is 4.36. The van der Waals surface area contributed by atoms with Gasteiger partial charge in [0.1, 0.15) is 6.04 Å². The number of rotatable bonds is 8. The molecule has 0 aromatic carbocycles. The van der Waals surface area contributed by atoms with Crippen molar-refractivity contribution in [3.8, 4) is 0 Å². The van der Waals surface area contributed by atoms with Gasteiger partial charge in [0, 0.05) is 25.9 Å². The molecule has 1 atom stereocenters. The number of nitrogens with one attached hydrogen (secondary N) is 1. The van der Waals surface area contributed by atoms with Gasteiger partial charge < -0.3 is 15.0 Å². The zero-order valence-electron chi connectivity index (χ0n) is 11.0. The number of aryl methyl sites for hydroxylation is 1. The van der Waals surface area contributed by atoms with E-state index in [4.69, 9.17) is 5.11 Å². The van der Waals surface area contributed by atoms with Crippen molar-refractivity contribution in [2.75, 3.05) is 11.5 Å². The number of carboxylic acids is 1. The Hall–Kier alpha value is -1.90. The number of hydrogen-bond acceptors (Lipinski definition) is 5. The number of carbonyl (C=O) groups is 2. The van der Waals surface area contributed by atoms with Crippen molar-refractivity contribution in [1.29, 1.82) is 0 Å². The summed E-state index contributed by atoms with van der Waals surface area (Å²) in [5.74, 6) is -2.69. The Morgan fingerprint density at radius 1 is 1.45 bits per heavy atom. The van der Waals surface area contributed by atoms with Gasteiger partial charge in [0.2, 0.25) is 5.91 Å². The standard InChI is InChI=1S/C11H17N3O5S/c1-9(15)13-10(11(16)17)7-20(18,19)6-2-4-14-5-3-12-8-14/h3,5,8,10H,2,4,6-7H2,1H3,(H,13,15)(H,16,17). The van der Waals surface area contributed by atoms with Crippen molar-refractivity contribution >= 4 is 21.7 Å². The van der Waals surface area contributed by atoms with Crippen LogP contribution in [0, 0.1) is 0 Å². The molecule has 2 N–H and O–H groups in total. The van der Waals surface area contributed by atoms with E-state index in [9.17, 15) is 18.0 Å². The van der Waals surface area contributed by atoms with Crippen LogP contribution >= 0.6 is 0 Å². The fourth-order valence-corrected chi connectivity index (χ4v) is 3.11. The van der Waals surface area contributed by atoms with Gasteiger partial charge in [-0.05, 0) is 6.42 Å². The number of nitrogens with zero attached hydrogens (tertiary/aromatic N) is 2. The van der Waals surface area contributed by atoms with Gasteiger partial charge in [-0.1, -0.05) is 0 Å². The second-order valence-corrected chi connectivity index (χ2v) is 6.59. The van der Waals surface area contributed by atoms with Gasteiger partial charge >= 0.3 is 5.97 Å². The average molecular weight is 303 g/mol. The quantitative estimate of drug-likeness (QED) is 0.654. The highest BCUT2D eigenvalue weighted by molar-refractivity contribution is 7.91. The maximum absolute atomic E-state index is 11.8. The largest absolute Gasteiger partial charge is 0.480 e. The second kappa shape index (κ2) is 7.04. The maximum atomic E-state index is 11.8. The van der Waals surface area contributed by atoms with E-state index in [0.717, 1.165) is 6.92 Å². The predicted octanol–water partition coefficient (Wildman–Crippen LogP) is -0.723. The highest BCUT2D eigenvalue weighted by Gasteiger charge is 2.25. The van der Waals surface area contributed by atoms with Crippen molar-refractivity contribution in [2.24, 2.45) is 0 Å². The van der Waals surface area contributed by atoms with Crippen LogP contribution in [-0.2, 0) is 26.0 Å². The molecular weight excluding hydrogens is 286 g/mol. The lowest BCUT2D eigenvalue weighted by atomic mass is 10.3. The molecule has 9 heteroatoms. The zero-order chi connectivity index (χ0) is 15.2. The van der Waals surface area contributed by atoms with E-state index in [1.54, 1.807) is 23.3 Å². The van der Waals surface area contributed by atoms with Gasteiger partial charge in [-0.3, -0.25) is 4.79 Å². The number of hydrogen-bond donors (Lipinski definition) is 2. The highest BCUT2D eigenvalue weighted by Crippen LogP contribution is 2.01. The fourth-order valence-electron chi connectivity index (χ4n) is 1.64. The Morgan fingerprint density at radius 2 is 2.15 bits per heavy atom. The predicted molar refractivity (Wildman–Crippen MR) is 70.7 cm³/mol. The Bertz CT molecular complexity index is 553. The van der Waals surface area contributed by atoms with Gasteiger partial charge in [0.05, 0.1) is 17.8 Å². The Labute approximate surface area is 116 Å². The number of amides is 1. The third-order valence-corrected chi connectivity index (χ3v) is 4.28. The van der Waals surface area contributed by atoms with Crippen LogP contribution in [0.5, 0.6) is 0 Å². The molecule has 0 spiro atoms. The summed E-state index contributed by atoms with van der Waals surface area (Å²) in [6.45, 7) is 1.62.